The largest absolute Gasteiger partial charge is 0.497 e. The second kappa shape index (κ2) is 29.8. The number of carbonyl (C=O) groups is 6. The molecule has 18 nitrogen and oxygen atoms in total. The van der Waals surface area contributed by atoms with Crippen LogP contribution in [0, 0.1) is 0 Å². The number of aryl methyl sites for hydroxylation is 2. The number of hydrogen-bond acceptors (Lipinski definition) is 12. The van der Waals surface area contributed by atoms with E-state index < -0.39 is 29.8 Å². The number of urea groups is 2. The smallest absolute Gasteiger partial charge is 0.336 e. The summed E-state index contributed by atoms with van der Waals surface area (Å²) in [6.07, 6.45) is 4.53. The van der Waals surface area contributed by atoms with Gasteiger partial charge in [0.15, 0.2) is 0 Å². The van der Waals surface area contributed by atoms with Gasteiger partial charge in [-0.3, -0.25) is 25.0 Å². The predicted octanol–water partition coefficient (Wildman–Crippen LogP) is 9.77. The van der Waals surface area contributed by atoms with Crippen LogP contribution in [0.3, 0.4) is 0 Å². The van der Waals surface area contributed by atoms with Crippen molar-refractivity contribution in [2.45, 2.75) is 40.5 Å². The van der Waals surface area contributed by atoms with Gasteiger partial charge in [-0.05, 0) is 131 Å². The lowest BCUT2D eigenvalue weighted by Crippen LogP contribution is -2.35. The van der Waals surface area contributed by atoms with Gasteiger partial charge in [-0.15, -0.1) is 0 Å². The second-order valence-corrected chi connectivity index (χ2v) is 16.3. The number of nitrogens with two attached hydrogens (primary N) is 2. The van der Waals surface area contributed by atoms with E-state index in [0.717, 1.165) is 22.3 Å². The second-order valence-electron chi connectivity index (χ2n) is 16.3. The van der Waals surface area contributed by atoms with Crippen LogP contribution in [0.15, 0.2) is 133 Å². The van der Waals surface area contributed by atoms with Crippen molar-refractivity contribution in [3.63, 3.8) is 0 Å². The van der Waals surface area contributed by atoms with E-state index in [2.05, 4.69) is 0 Å². The van der Waals surface area contributed by atoms with Gasteiger partial charge in [0.05, 0.1) is 34.0 Å². The fraction of sp³-hybridized carbons (Fsp3) is 0.207. The highest BCUT2D eigenvalue weighted by Gasteiger charge is 2.17. The van der Waals surface area contributed by atoms with Crippen LogP contribution in [0.2, 0.25) is 0 Å². The molecule has 76 heavy (non-hydrogen) atoms. The Labute approximate surface area is 442 Å². The molecular weight excluding hydrogens is 975 g/mol. The summed E-state index contributed by atoms with van der Waals surface area (Å²) in [6.45, 7) is 0. The molecule has 6 aromatic carbocycles. The van der Waals surface area contributed by atoms with E-state index >= 15 is 0 Å². The number of carbonyl (C=O) groups excluding carboxylic acids is 5. The molecule has 400 valence electrons. The summed E-state index contributed by atoms with van der Waals surface area (Å²) in [4.78, 5) is 71.0. The number of nitrogens with one attached hydrogen (secondary N) is 2. The summed E-state index contributed by atoms with van der Waals surface area (Å²) in [5.41, 5.74) is 14.9. The first-order valence-corrected chi connectivity index (χ1v) is 22.7. The lowest BCUT2D eigenvalue weighted by molar-refractivity contribution is -0.130. The number of methoxy groups -OCH3 is 4. The molecule has 0 heterocycles. The number of carboxylic acid groups (broad SMARTS) is 1. The number of primary amides is 2. The van der Waals surface area contributed by atoms with Crippen molar-refractivity contribution in [3.05, 3.63) is 167 Å². The first kappa shape index (κ1) is 60.7. The van der Waals surface area contributed by atoms with Crippen LogP contribution in [0.25, 0.3) is 23.3 Å². The van der Waals surface area contributed by atoms with Gasteiger partial charge >= 0.3 is 18.0 Å². The molecule has 0 aliphatic heterocycles. The van der Waals surface area contributed by atoms with Gasteiger partial charge in [-0.25, -0.2) is 14.4 Å². The van der Waals surface area contributed by atoms with Crippen LogP contribution >= 0.6 is 0 Å². The average molecular weight is 1040 g/mol. The number of nitrogens with zero attached hydrogens (tertiary/aromatic N) is 1. The Bertz CT molecular complexity index is 2940. The topological polar surface area (TPSA) is 257 Å². The Kier molecular flexibility index (Phi) is 23.8. The Morgan fingerprint density at radius 2 is 0.776 bits per heavy atom. The SMILES string of the molecule is C.C.COc1cc(/C=C(/C(=O)N(C)C)c2ccc(Oc3ccc(CCC(=O)NC(N)=O)cc3)cc2)cc(OC)c1.COc1cc(/C=C(/C(=O)O)c2ccc(Oc3ccc(CCC(=O)NC(N)=O)cc3)cc2)cc(OC)c1. The number of ether oxygens (including phenoxy) is 6. The third kappa shape index (κ3) is 19.1. The molecule has 0 aromatic heterocycles. The lowest BCUT2D eigenvalue weighted by atomic mass is 10.0. The Hall–Kier alpha value is -9.58. The van der Waals surface area contributed by atoms with Gasteiger partial charge in [0.25, 0.3) is 5.91 Å². The normalized spacial score (nSPS) is 10.6. The van der Waals surface area contributed by atoms with Crippen LogP contribution in [0.5, 0.6) is 46.0 Å². The highest BCUT2D eigenvalue weighted by Crippen LogP contribution is 2.31. The molecule has 0 atom stereocenters. The zero-order chi connectivity index (χ0) is 53.7. The minimum atomic E-state index is -1.08. The van der Waals surface area contributed by atoms with Crippen molar-refractivity contribution < 1.29 is 62.3 Å². The fourth-order valence-electron chi connectivity index (χ4n) is 6.98. The molecule has 7 N–H and O–H groups in total. The molecule has 0 aliphatic rings. The van der Waals surface area contributed by atoms with Gasteiger partial charge in [0.2, 0.25) is 11.8 Å². The van der Waals surface area contributed by atoms with Crippen molar-refractivity contribution in [3.8, 4) is 46.0 Å². The third-order valence-corrected chi connectivity index (χ3v) is 10.7. The van der Waals surface area contributed by atoms with Gasteiger partial charge in [0.1, 0.15) is 46.0 Å². The molecule has 6 rings (SSSR count). The average Bonchev–Trinajstić information content (AvgIpc) is 3.39. The maximum absolute atomic E-state index is 13.0. The molecule has 0 fully saturated rings. The van der Waals surface area contributed by atoms with E-state index in [-0.39, 0.29) is 39.2 Å². The fourth-order valence-corrected chi connectivity index (χ4v) is 6.98. The van der Waals surface area contributed by atoms with Gasteiger partial charge in [-0.2, -0.15) is 0 Å². The summed E-state index contributed by atoms with van der Waals surface area (Å²) < 4.78 is 33.0. The lowest BCUT2D eigenvalue weighted by Gasteiger charge is -2.15. The van der Waals surface area contributed by atoms with E-state index in [1.54, 1.807) is 125 Å². The molecule has 0 saturated carbocycles. The number of rotatable bonds is 20. The van der Waals surface area contributed by atoms with E-state index in [0.29, 0.717) is 75.5 Å². The molecule has 7 amide bonds. The summed E-state index contributed by atoms with van der Waals surface area (Å²) in [5.74, 6) is 2.56. The van der Waals surface area contributed by atoms with Crippen molar-refractivity contribution in [2.75, 3.05) is 42.5 Å². The molecule has 6 aromatic rings. The van der Waals surface area contributed by atoms with Gasteiger partial charge in [-0.1, -0.05) is 63.4 Å². The summed E-state index contributed by atoms with van der Waals surface area (Å²) in [5, 5.41) is 13.8. The predicted molar refractivity (Wildman–Crippen MR) is 293 cm³/mol. The molecule has 0 radical (unpaired) electrons. The molecule has 0 unspecified atom stereocenters. The van der Waals surface area contributed by atoms with E-state index in [1.165, 1.54) is 19.1 Å². The van der Waals surface area contributed by atoms with E-state index in [1.807, 2.05) is 59.2 Å². The quantitative estimate of drug-likeness (QED) is 0.0353. The van der Waals surface area contributed by atoms with Crippen molar-refractivity contribution in [2.24, 2.45) is 11.5 Å². The van der Waals surface area contributed by atoms with Crippen LogP contribution in [-0.4, -0.2) is 88.3 Å². The molecule has 0 bridgehead atoms. The zero-order valence-electron chi connectivity index (χ0n) is 41.6. The Morgan fingerprint density at radius 3 is 1.07 bits per heavy atom. The molecule has 18 heteroatoms. The number of carboxylic acids is 1. The van der Waals surface area contributed by atoms with Gasteiger partial charge in [0, 0.05) is 44.6 Å². The molecule has 0 spiro atoms. The van der Waals surface area contributed by atoms with Crippen molar-refractivity contribution >= 4 is 59.1 Å². The van der Waals surface area contributed by atoms with E-state index in [9.17, 15) is 33.9 Å². The number of benzene rings is 6. The van der Waals surface area contributed by atoms with E-state index in [4.69, 9.17) is 39.9 Å². The van der Waals surface area contributed by atoms with Crippen LogP contribution < -0.4 is 50.5 Å². The maximum atomic E-state index is 13.0. The van der Waals surface area contributed by atoms with Crippen molar-refractivity contribution in [1.29, 1.82) is 0 Å². The Morgan fingerprint density at radius 1 is 0.474 bits per heavy atom. The number of aliphatic carboxylic acids is 1. The molecule has 0 saturated heterocycles. The number of amides is 7. The maximum Gasteiger partial charge on any atom is 0.336 e. The summed E-state index contributed by atoms with van der Waals surface area (Å²) in [7, 11) is 9.60. The number of hydrogen-bond donors (Lipinski definition) is 5. The van der Waals surface area contributed by atoms with Crippen LogP contribution in [0.1, 0.15) is 61.1 Å². The highest BCUT2D eigenvalue weighted by molar-refractivity contribution is 6.24. The van der Waals surface area contributed by atoms with Crippen LogP contribution in [0.4, 0.5) is 9.59 Å². The Balaban J connectivity index is 0.000000391. The number of imide groups is 2. The summed E-state index contributed by atoms with van der Waals surface area (Å²) in [6, 6.07) is 37.2. The monoisotopic (exact) mass is 1040 g/mol. The van der Waals surface area contributed by atoms with Gasteiger partial charge < -0.3 is 49.9 Å². The third-order valence-electron chi connectivity index (χ3n) is 10.7. The molecular formula is C58H65N5O13. The zero-order valence-corrected chi connectivity index (χ0v) is 41.6. The first-order chi connectivity index (χ1) is 35.4. The summed E-state index contributed by atoms with van der Waals surface area (Å²) >= 11 is 0. The highest BCUT2D eigenvalue weighted by atomic mass is 16.5. The standard InChI is InChI=1S/C29H31N3O6.C27H26N2O7.2CH4/c1-32(2)28(34)26(17-20-15-24(36-3)18-25(16-20)37-4)21-8-12-23(13-9-21)38-22-10-5-19(6-11-22)7-14-27(33)31-29(30)35;1-34-22-13-18(14-23(16-22)35-2)15-24(26(31)32)19-6-10-21(11-7-19)36-20-8-3-17(4-9-20)5-12-25(30)29-27(28)33;;/h5-6,8-13,15-18H,7,14H2,1-4H3,(H3,30,31,33,35);3-4,6-11,13-16H,5,12H2,1-2H3,(H,31,32)(H3,28,29,30,33);2*1H4/b26-17+;24-15+;;. The minimum Gasteiger partial charge on any atom is -0.497 e. The van der Waals surface area contributed by atoms with Crippen molar-refractivity contribution in [1.82, 2.24) is 15.5 Å². The first-order valence-electron chi connectivity index (χ1n) is 22.7. The van der Waals surface area contributed by atoms with Crippen LogP contribution in [-0.2, 0) is 32.0 Å². The minimum absolute atomic E-state index is 0. The molecule has 0 aliphatic carbocycles. The number of likely N-dealkylation sites (N-methyl/N-ethyl adjacent to an activating group) is 1.